The largest absolute Gasteiger partial charge is 0.396 e. The molecule has 2 aliphatic rings. The summed E-state index contributed by atoms with van der Waals surface area (Å²) in [5, 5.41) is 12.3. The minimum Gasteiger partial charge on any atom is -0.396 e. The highest BCUT2D eigenvalue weighted by atomic mass is 16.3. The molecule has 3 nitrogen and oxygen atoms in total. The molecular weight excluding hydrogens is 238 g/mol. The summed E-state index contributed by atoms with van der Waals surface area (Å²) in [5.74, 6) is 2.64. The average molecular weight is 267 g/mol. The van der Waals surface area contributed by atoms with Gasteiger partial charge < -0.3 is 10.4 Å². The van der Waals surface area contributed by atoms with E-state index in [4.69, 9.17) is 5.11 Å². The minimum absolute atomic E-state index is 0.182. The van der Waals surface area contributed by atoms with Crippen molar-refractivity contribution < 1.29 is 9.90 Å². The lowest BCUT2D eigenvalue weighted by Gasteiger charge is -2.31. The van der Waals surface area contributed by atoms with Gasteiger partial charge in [0.25, 0.3) is 0 Å². The van der Waals surface area contributed by atoms with Crippen LogP contribution >= 0.6 is 0 Å². The van der Waals surface area contributed by atoms with Crippen LogP contribution in [0, 0.1) is 23.7 Å². The van der Waals surface area contributed by atoms with E-state index in [1.54, 1.807) is 0 Å². The van der Waals surface area contributed by atoms with Crippen molar-refractivity contribution in [1.29, 1.82) is 0 Å². The number of amides is 1. The predicted octanol–water partition coefficient (Wildman–Crippen LogP) is 2.73. The van der Waals surface area contributed by atoms with Crippen LogP contribution in [0.25, 0.3) is 0 Å². The Labute approximate surface area is 117 Å². The lowest BCUT2D eigenvalue weighted by Crippen LogP contribution is -2.42. The number of nitrogens with one attached hydrogen (secondary N) is 1. The molecule has 0 spiro atoms. The van der Waals surface area contributed by atoms with E-state index in [1.165, 1.54) is 25.7 Å². The maximum atomic E-state index is 12.3. The lowest BCUT2D eigenvalue weighted by atomic mass is 9.76. The number of aliphatic hydroxyl groups excluding tert-OH is 1. The molecule has 3 heteroatoms. The quantitative estimate of drug-likeness (QED) is 0.777. The number of aliphatic hydroxyl groups is 1. The van der Waals surface area contributed by atoms with Crippen molar-refractivity contribution in [2.24, 2.45) is 23.7 Å². The number of rotatable bonds is 6. The third-order valence-corrected chi connectivity index (χ3v) is 5.04. The highest BCUT2D eigenvalue weighted by Gasteiger charge is 2.34. The van der Waals surface area contributed by atoms with Gasteiger partial charge in [-0.25, -0.2) is 0 Å². The van der Waals surface area contributed by atoms with E-state index in [0.717, 1.165) is 31.1 Å². The first kappa shape index (κ1) is 14.8. The SMILES string of the molecule is CC(C)C1CCC(C(=O)NC(CCO)C2CC2)CC1. The number of hydrogen-bond donors (Lipinski definition) is 2. The smallest absolute Gasteiger partial charge is 0.223 e. The van der Waals surface area contributed by atoms with Gasteiger partial charge in [0, 0.05) is 18.6 Å². The first-order valence-corrected chi connectivity index (χ1v) is 8.03. The van der Waals surface area contributed by atoms with Crippen LogP contribution in [-0.2, 0) is 4.79 Å². The molecule has 2 saturated carbocycles. The number of carbonyl (C=O) groups is 1. The van der Waals surface area contributed by atoms with Gasteiger partial charge in [0.1, 0.15) is 0 Å². The summed E-state index contributed by atoms with van der Waals surface area (Å²) >= 11 is 0. The standard InChI is InChI=1S/C16H29NO2/c1-11(2)12-3-7-14(8-4-12)16(19)17-15(9-10-18)13-5-6-13/h11-15,18H,3-10H2,1-2H3,(H,17,19). The third kappa shape index (κ3) is 4.20. The maximum absolute atomic E-state index is 12.3. The Balaban J connectivity index is 1.77. The second kappa shape index (κ2) is 6.74. The van der Waals surface area contributed by atoms with Gasteiger partial charge in [-0.3, -0.25) is 4.79 Å². The van der Waals surface area contributed by atoms with Gasteiger partial charge in [-0.1, -0.05) is 13.8 Å². The summed E-state index contributed by atoms with van der Waals surface area (Å²) in [6, 6.07) is 0.223. The Morgan fingerprint density at radius 1 is 1.11 bits per heavy atom. The molecule has 2 rings (SSSR count). The molecule has 2 fully saturated rings. The highest BCUT2D eigenvalue weighted by molar-refractivity contribution is 5.79. The molecule has 0 aliphatic heterocycles. The molecule has 2 aliphatic carbocycles. The Morgan fingerprint density at radius 3 is 2.16 bits per heavy atom. The van der Waals surface area contributed by atoms with Crippen LogP contribution in [0.15, 0.2) is 0 Å². The Hall–Kier alpha value is -0.570. The molecule has 110 valence electrons. The maximum Gasteiger partial charge on any atom is 0.223 e. The fourth-order valence-corrected chi connectivity index (χ4v) is 3.41. The molecule has 2 N–H and O–H groups in total. The molecular formula is C16H29NO2. The second-order valence-corrected chi connectivity index (χ2v) is 6.82. The fourth-order valence-electron chi connectivity index (χ4n) is 3.41. The van der Waals surface area contributed by atoms with Crippen molar-refractivity contribution in [3.05, 3.63) is 0 Å². The van der Waals surface area contributed by atoms with Gasteiger partial charge in [0.15, 0.2) is 0 Å². The number of carbonyl (C=O) groups excluding carboxylic acids is 1. The summed E-state index contributed by atoms with van der Waals surface area (Å²) in [4.78, 5) is 12.3. The molecule has 0 aromatic heterocycles. The third-order valence-electron chi connectivity index (χ3n) is 5.04. The van der Waals surface area contributed by atoms with Crippen molar-refractivity contribution >= 4 is 5.91 Å². The summed E-state index contributed by atoms with van der Waals surface area (Å²) in [6.45, 7) is 4.76. The topological polar surface area (TPSA) is 49.3 Å². The number of hydrogen-bond acceptors (Lipinski definition) is 2. The zero-order chi connectivity index (χ0) is 13.8. The molecule has 0 bridgehead atoms. The normalized spacial score (nSPS) is 29.3. The lowest BCUT2D eigenvalue weighted by molar-refractivity contribution is -0.127. The van der Waals surface area contributed by atoms with E-state index in [1.807, 2.05) is 0 Å². The van der Waals surface area contributed by atoms with Crippen LogP contribution in [0.2, 0.25) is 0 Å². The van der Waals surface area contributed by atoms with Gasteiger partial charge in [-0.2, -0.15) is 0 Å². The van der Waals surface area contributed by atoms with E-state index >= 15 is 0 Å². The van der Waals surface area contributed by atoms with E-state index in [-0.39, 0.29) is 24.5 Å². The van der Waals surface area contributed by atoms with Crippen LogP contribution in [0.4, 0.5) is 0 Å². The highest BCUT2D eigenvalue weighted by Crippen LogP contribution is 2.36. The van der Waals surface area contributed by atoms with Crippen LogP contribution < -0.4 is 5.32 Å². The van der Waals surface area contributed by atoms with Crippen LogP contribution in [0.3, 0.4) is 0 Å². The van der Waals surface area contributed by atoms with Gasteiger partial charge in [0.05, 0.1) is 0 Å². The van der Waals surface area contributed by atoms with Crippen molar-refractivity contribution in [3.63, 3.8) is 0 Å². The Bertz CT molecular complexity index is 291. The Kier molecular flexibility index (Phi) is 5.26. The van der Waals surface area contributed by atoms with Crippen molar-refractivity contribution in [1.82, 2.24) is 5.32 Å². The van der Waals surface area contributed by atoms with Crippen molar-refractivity contribution in [3.8, 4) is 0 Å². The molecule has 1 atom stereocenters. The minimum atomic E-state index is 0.182. The first-order valence-electron chi connectivity index (χ1n) is 8.03. The summed E-state index contributed by atoms with van der Waals surface area (Å²) in [5.41, 5.74) is 0. The summed E-state index contributed by atoms with van der Waals surface area (Å²) in [7, 11) is 0. The fraction of sp³-hybridized carbons (Fsp3) is 0.938. The average Bonchev–Trinajstić information content (AvgIpc) is 3.22. The van der Waals surface area contributed by atoms with E-state index < -0.39 is 0 Å². The van der Waals surface area contributed by atoms with Crippen LogP contribution in [0.1, 0.15) is 58.8 Å². The van der Waals surface area contributed by atoms with Crippen molar-refractivity contribution in [2.75, 3.05) is 6.61 Å². The molecule has 0 aromatic carbocycles. The second-order valence-electron chi connectivity index (χ2n) is 6.82. The molecule has 1 amide bonds. The monoisotopic (exact) mass is 267 g/mol. The van der Waals surface area contributed by atoms with Crippen LogP contribution in [0.5, 0.6) is 0 Å². The first-order chi connectivity index (χ1) is 9.11. The zero-order valence-electron chi connectivity index (χ0n) is 12.4. The zero-order valence-corrected chi connectivity index (χ0v) is 12.4. The van der Waals surface area contributed by atoms with Crippen LogP contribution in [-0.4, -0.2) is 23.7 Å². The Morgan fingerprint density at radius 2 is 1.68 bits per heavy atom. The molecule has 0 radical (unpaired) electrons. The summed E-state index contributed by atoms with van der Waals surface area (Å²) in [6.07, 6.45) is 7.64. The van der Waals surface area contributed by atoms with Crippen molar-refractivity contribution in [2.45, 2.75) is 64.8 Å². The molecule has 0 saturated heterocycles. The molecule has 0 heterocycles. The van der Waals surface area contributed by atoms with Gasteiger partial charge >= 0.3 is 0 Å². The van der Waals surface area contributed by atoms with Gasteiger partial charge in [-0.05, 0) is 62.7 Å². The van der Waals surface area contributed by atoms with E-state index in [9.17, 15) is 4.79 Å². The van der Waals surface area contributed by atoms with E-state index in [0.29, 0.717) is 5.92 Å². The predicted molar refractivity (Wildman–Crippen MR) is 76.6 cm³/mol. The molecule has 1 unspecified atom stereocenters. The molecule has 0 aromatic rings. The van der Waals surface area contributed by atoms with Gasteiger partial charge in [0.2, 0.25) is 5.91 Å². The summed E-state index contributed by atoms with van der Waals surface area (Å²) < 4.78 is 0. The van der Waals surface area contributed by atoms with E-state index in [2.05, 4.69) is 19.2 Å². The molecule has 19 heavy (non-hydrogen) atoms. The van der Waals surface area contributed by atoms with Gasteiger partial charge in [-0.15, -0.1) is 0 Å².